The van der Waals surface area contributed by atoms with E-state index in [2.05, 4.69) is 10.2 Å². The third-order valence-corrected chi connectivity index (χ3v) is 4.86. The zero-order valence-electron chi connectivity index (χ0n) is 16.7. The number of ketones is 1. The Balaban J connectivity index is 1.68. The van der Waals surface area contributed by atoms with Crippen LogP contribution in [0.3, 0.4) is 0 Å². The Bertz CT molecular complexity index is 912. The molecule has 0 radical (unpaired) electrons. The standard InChI is InChI=1S/C23H25N3O3/c1-17(27)20-8-10-21(11-9-20)25-12-14-26(15-13-25)23(29)22(24-18(2)28)16-19-6-4-3-5-7-19/h3-11,16H,12-15H2,1-2H3,(H,24,28)/b22-16-. The highest BCUT2D eigenvalue weighted by atomic mass is 16.2. The van der Waals surface area contributed by atoms with E-state index in [9.17, 15) is 14.4 Å². The summed E-state index contributed by atoms with van der Waals surface area (Å²) in [6.45, 7) is 5.43. The van der Waals surface area contributed by atoms with Gasteiger partial charge in [-0.25, -0.2) is 0 Å². The van der Waals surface area contributed by atoms with Gasteiger partial charge >= 0.3 is 0 Å². The molecule has 2 aromatic carbocycles. The SMILES string of the molecule is CC(=O)N/C(=C\c1ccccc1)C(=O)N1CCN(c2ccc(C(C)=O)cc2)CC1. The lowest BCUT2D eigenvalue weighted by molar-refractivity contribution is -0.129. The summed E-state index contributed by atoms with van der Waals surface area (Å²) in [6, 6.07) is 17.0. The monoisotopic (exact) mass is 391 g/mol. The molecular formula is C23H25N3O3. The van der Waals surface area contributed by atoms with E-state index in [1.165, 1.54) is 6.92 Å². The van der Waals surface area contributed by atoms with Crippen LogP contribution < -0.4 is 10.2 Å². The maximum absolute atomic E-state index is 13.0. The number of nitrogens with one attached hydrogen (secondary N) is 1. The molecule has 1 N–H and O–H groups in total. The van der Waals surface area contributed by atoms with Gasteiger partial charge in [0.1, 0.15) is 5.70 Å². The van der Waals surface area contributed by atoms with Gasteiger partial charge in [-0.2, -0.15) is 0 Å². The number of piperazine rings is 1. The van der Waals surface area contributed by atoms with E-state index in [1.807, 2.05) is 54.6 Å². The molecule has 2 aromatic rings. The van der Waals surface area contributed by atoms with Crippen LogP contribution in [0.25, 0.3) is 6.08 Å². The van der Waals surface area contributed by atoms with Crippen molar-refractivity contribution in [1.29, 1.82) is 0 Å². The first-order valence-corrected chi connectivity index (χ1v) is 9.63. The van der Waals surface area contributed by atoms with Crippen LogP contribution in [0.4, 0.5) is 5.69 Å². The Kier molecular flexibility index (Phi) is 6.44. The number of amides is 2. The lowest BCUT2D eigenvalue weighted by Crippen LogP contribution is -2.50. The molecule has 1 saturated heterocycles. The number of nitrogens with zero attached hydrogens (tertiary/aromatic N) is 2. The molecule has 0 spiro atoms. The molecule has 1 heterocycles. The topological polar surface area (TPSA) is 69.7 Å². The zero-order valence-corrected chi connectivity index (χ0v) is 16.7. The third kappa shape index (κ3) is 5.31. The summed E-state index contributed by atoms with van der Waals surface area (Å²) < 4.78 is 0. The highest BCUT2D eigenvalue weighted by Gasteiger charge is 2.24. The van der Waals surface area contributed by atoms with E-state index in [-0.39, 0.29) is 23.3 Å². The summed E-state index contributed by atoms with van der Waals surface area (Å²) in [5.74, 6) is -0.414. The molecule has 0 atom stereocenters. The van der Waals surface area contributed by atoms with Crippen LogP contribution in [-0.2, 0) is 9.59 Å². The number of anilines is 1. The number of benzene rings is 2. The molecule has 1 aliphatic heterocycles. The Hall–Kier alpha value is -3.41. The van der Waals surface area contributed by atoms with Crippen molar-refractivity contribution in [1.82, 2.24) is 10.2 Å². The van der Waals surface area contributed by atoms with E-state index >= 15 is 0 Å². The highest BCUT2D eigenvalue weighted by Crippen LogP contribution is 2.18. The average Bonchev–Trinajstić information content (AvgIpc) is 2.73. The molecule has 0 unspecified atom stereocenters. The molecule has 6 nitrogen and oxygen atoms in total. The van der Waals surface area contributed by atoms with Crippen LogP contribution in [0.2, 0.25) is 0 Å². The van der Waals surface area contributed by atoms with E-state index in [0.717, 1.165) is 11.3 Å². The van der Waals surface area contributed by atoms with E-state index < -0.39 is 0 Å². The molecule has 6 heteroatoms. The smallest absolute Gasteiger partial charge is 0.270 e. The maximum Gasteiger partial charge on any atom is 0.270 e. The van der Waals surface area contributed by atoms with Crippen LogP contribution in [0.1, 0.15) is 29.8 Å². The summed E-state index contributed by atoms with van der Waals surface area (Å²) in [5.41, 5.74) is 2.86. The minimum absolute atomic E-state index is 0.0441. The molecular weight excluding hydrogens is 366 g/mol. The lowest BCUT2D eigenvalue weighted by atomic mass is 10.1. The van der Waals surface area contributed by atoms with Gasteiger partial charge in [0.25, 0.3) is 5.91 Å². The quantitative estimate of drug-likeness (QED) is 0.629. The molecule has 3 rings (SSSR count). The number of Topliss-reactive ketones (excluding diaryl/α,β-unsaturated/α-hetero) is 1. The van der Waals surface area contributed by atoms with Gasteiger partial charge in [0.2, 0.25) is 5.91 Å². The van der Waals surface area contributed by atoms with E-state index in [1.54, 1.807) is 17.9 Å². The van der Waals surface area contributed by atoms with Crippen molar-refractivity contribution < 1.29 is 14.4 Å². The second-order valence-corrected chi connectivity index (χ2v) is 7.03. The summed E-state index contributed by atoms with van der Waals surface area (Å²) in [5, 5.41) is 2.67. The first-order chi connectivity index (χ1) is 13.9. The molecule has 0 aromatic heterocycles. The van der Waals surface area contributed by atoms with Gasteiger partial charge in [0.05, 0.1) is 0 Å². The fourth-order valence-electron chi connectivity index (χ4n) is 3.30. The Labute approximate surface area is 170 Å². The first kappa shape index (κ1) is 20.3. The minimum Gasteiger partial charge on any atom is -0.368 e. The molecule has 150 valence electrons. The van der Waals surface area contributed by atoms with Crippen molar-refractivity contribution in [2.24, 2.45) is 0 Å². The number of carbonyl (C=O) groups is 3. The highest BCUT2D eigenvalue weighted by molar-refractivity contribution is 6.01. The molecule has 1 aliphatic rings. The summed E-state index contributed by atoms with van der Waals surface area (Å²) >= 11 is 0. The summed E-state index contributed by atoms with van der Waals surface area (Å²) in [4.78, 5) is 39.9. The third-order valence-electron chi connectivity index (χ3n) is 4.86. The van der Waals surface area contributed by atoms with Crippen molar-refractivity contribution in [3.8, 4) is 0 Å². The van der Waals surface area contributed by atoms with Gasteiger partial charge in [-0.1, -0.05) is 30.3 Å². The Morgan fingerprint density at radius 3 is 2.03 bits per heavy atom. The normalized spacial score (nSPS) is 14.5. The van der Waals surface area contributed by atoms with Crippen molar-refractivity contribution in [2.75, 3.05) is 31.1 Å². The zero-order chi connectivity index (χ0) is 20.8. The molecule has 29 heavy (non-hydrogen) atoms. The van der Waals surface area contributed by atoms with E-state index in [4.69, 9.17) is 0 Å². The average molecular weight is 391 g/mol. The second-order valence-electron chi connectivity index (χ2n) is 7.03. The number of carbonyl (C=O) groups excluding carboxylic acids is 3. The molecule has 1 fully saturated rings. The largest absolute Gasteiger partial charge is 0.368 e. The molecule has 0 saturated carbocycles. The number of hydrogen-bond donors (Lipinski definition) is 1. The van der Waals surface area contributed by atoms with Crippen LogP contribution in [0, 0.1) is 0 Å². The Morgan fingerprint density at radius 2 is 1.48 bits per heavy atom. The fourth-order valence-corrected chi connectivity index (χ4v) is 3.30. The lowest BCUT2D eigenvalue weighted by Gasteiger charge is -2.36. The van der Waals surface area contributed by atoms with Crippen molar-refractivity contribution in [3.63, 3.8) is 0 Å². The van der Waals surface area contributed by atoms with Gasteiger partial charge in [-0.3, -0.25) is 14.4 Å². The molecule has 2 amide bonds. The van der Waals surface area contributed by atoms with Crippen molar-refractivity contribution in [2.45, 2.75) is 13.8 Å². The minimum atomic E-state index is -0.273. The van der Waals surface area contributed by atoms with Gasteiger partial charge in [-0.05, 0) is 42.8 Å². The van der Waals surface area contributed by atoms with Gasteiger partial charge < -0.3 is 15.1 Å². The van der Waals surface area contributed by atoms with Crippen LogP contribution in [0.5, 0.6) is 0 Å². The van der Waals surface area contributed by atoms with Crippen molar-refractivity contribution in [3.05, 3.63) is 71.4 Å². The van der Waals surface area contributed by atoms with E-state index in [0.29, 0.717) is 31.7 Å². The Morgan fingerprint density at radius 1 is 0.862 bits per heavy atom. The summed E-state index contributed by atoms with van der Waals surface area (Å²) in [6.07, 6.45) is 1.70. The summed E-state index contributed by atoms with van der Waals surface area (Å²) in [7, 11) is 0. The predicted molar refractivity (Wildman–Crippen MR) is 113 cm³/mol. The fraction of sp³-hybridized carbons (Fsp3) is 0.261. The van der Waals surface area contributed by atoms with Crippen LogP contribution in [0.15, 0.2) is 60.3 Å². The van der Waals surface area contributed by atoms with Gasteiger partial charge in [-0.15, -0.1) is 0 Å². The molecule has 0 bridgehead atoms. The number of hydrogen-bond acceptors (Lipinski definition) is 4. The van der Waals surface area contributed by atoms with Gasteiger partial charge in [0, 0.05) is 44.4 Å². The maximum atomic E-state index is 13.0. The molecule has 0 aliphatic carbocycles. The number of rotatable bonds is 5. The second kappa shape index (κ2) is 9.19. The predicted octanol–water partition coefficient (Wildman–Crippen LogP) is 2.72. The van der Waals surface area contributed by atoms with Crippen LogP contribution in [-0.4, -0.2) is 48.7 Å². The first-order valence-electron chi connectivity index (χ1n) is 9.63. The van der Waals surface area contributed by atoms with Crippen molar-refractivity contribution >= 4 is 29.4 Å². The van der Waals surface area contributed by atoms with Gasteiger partial charge in [0.15, 0.2) is 5.78 Å². The van der Waals surface area contributed by atoms with Crippen LogP contribution >= 0.6 is 0 Å².